The molecule has 1 unspecified atom stereocenters. The Morgan fingerprint density at radius 2 is 2.05 bits per heavy atom. The molecular weight excluding hydrogens is 282 g/mol. The summed E-state index contributed by atoms with van der Waals surface area (Å²) >= 11 is 1.75. The van der Waals surface area contributed by atoms with E-state index >= 15 is 0 Å². The van der Waals surface area contributed by atoms with Gasteiger partial charge in [-0.1, -0.05) is 20.8 Å². The van der Waals surface area contributed by atoms with Gasteiger partial charge in [0.1, 0.15) is 5.82 Å². The van der Waals surface area contributed by atoms with Gasteiger partial charge in [0, 0.05) is 29.6 Å². The summed E-state index contributed by atoms with van der Waals surface area (Å²) in [7, 11) is 0. The van der Waals surface area contributed by atoms with E-state index < -0.39 is 0 Å². The predicted octanol–water partition coefficient (Wildman–Crippen LogP) is 3.51. The summed E-state index contributed by atoms with van der Waals surface area (Å²) in [5.41, 5.74) is 1.63. The van der Waals surface area contributed by atoms with Crippen molar-refractivity contribution >= 4 is 23.5 Å². The summed E-state index contributed by atoms with van der Waals surface area (Å²) in [4.78, 5) is 17.0. The molecule has 1 atom stereocenters. The van der Waals surface area contributed by atoms with Crippen molar-refractivity contribution in [3.8, 4) is 0 Å². The zero-order chi connectivity index (χ0) is 15.8. The van der Waals surface area contributed by atoms with Crippen molar-refractivity contribution in [2.75, 3.05) is 23.9 Å². The Kier molecular flexibility index (Phi) is 7.57. The molecule has 0 aliphatic rings. The number of aromatic nitrogens is 1. The zero-order valence-electron chi connectivity index (χ0n) is 13.7. The molecule has 2 N–H and O–H groups in total. The molecule has 0 bridgehead atoms. The third kappa shape index (κ3) is 5.58. The SMILES string of the molecule is CCNc1cc(C(=O)NC(CC)CSC)cc(C(C)C)n1. The number of nitrogens with one attached hydrogen (secondary N) is 2. The fourth-order valence-corrected chi connectivity index (χ4v) is 2.70. The molecule has 0 saturated heterocycles. The lowest BCUT2D eigenvalue weighted by molar-refractivity contribution is 0.0940. The molecule has 0 saturated carbocycles. The minimum atomic E-state index is -0.0145. The van der Waals surface area contributed by atoms with Crippen molar-refractivity contribution in [3.63, 3.8) is 0 Å². The Morgan fingerprint density at radius 3 is 2.57 bits per heavy atom. The van der Waals surface area contributed by atoms with E-state index in [9.17, 15) is 4.79 Å². The van der Waals surface area contributed by atoms with Gasteiger partial charge in [-0.25, -0.2) is 4.98 Å². The highest BCUT2D eigenvalue weighted by atomic mass is 32.2. The van der Waals surface area contributed by atoms with Gasteiger partial charge in [-0.05, 0) is 37.7 Å². The lowest BCUT2D eigenvalue weighted by Gasteiger charge is -2.17. The van der Waals surface area contributed by atoms with Gasteiger partial charge in [-0.3, -0.25) is 4.79 Å². The summed E-state index contributed by atoms with van der Waals surface area (Å²) in [6.07, 6.45) is 3.00. The first-order valence-corrected chi connectivity index (χ1v) is 8.96. The molecule has 1 aromatic rings. The van der Waals surface area contributed by atoms with Crippen LogP contribution >= 0.6 is 11.8 Å². The van der Waals surface area contributed by atoms with Gasteiger partial charge >= 0.3 is 0 Å². The van der Waals surface area contributed by atoms with Crippen LogP contribution in [0.5, 0.6) is 0 Å². The van der Waals surface area contributed by atoms with Crippen LogP contribution in [-0.4, -0.2) is 35.5 Å². The molecule has 1 amide bonds. The molecule has 1 rings (SSSR count). The normalized spacial score (nSPS) is 12.3. The van der Waals surface area contributed by atoms with Crippen LogP contribution in [-0.2, 0) is 0 Å². The third-order valence-corrected chi connectivity index (χ3v) is 3.99. The second-order valence-electron chi connectivity index (χ2n) is 5.38. The van der Waals surface area contributed by atoms with Gasteiger partial charge in [-0.15, -0.1) is 0 Å². The zero-order valence-corrected chi connectivity index (χ0v) is 14.5. The van der Waals surface area contributed by atoms with Crippen LogP contribution in [0.3, 0.4) is 0 Å². The highest BCUT2D eigenvalue weighted by Gasteiger charge is 2.15. The van der Waals surface area contributed by atoms with Gasteiger partial charge in [0.2, 0.25) is 0 Å². The summed E-state index contributed by atoms with van der Waals surface area (Å²) in [5, 5.41) is 6.30. The lowest BCUT2D eigenvalue weighted by atomic mass is 10.1. The number of amides is 1. The Hall–Kier alpha value is -1.23. The molecule has 1 heterocycles. The van der Waals surface area contributed by atoms with Gasteiger partial charge < -0.3 is 10.6 Å². The van der Waals surface area contributed by atoms with Gasteiger partial charge in [-0.2, -0.15) is 11.8 Å². The first-order valence-electron chi connectivity index (χ1n) is 7.57. The molecule has 1 aromatic heterocycles. The van der Waals surface area contributed by atoms with E-state index in [4.69, 9.17) is 0 Å². The number of thioether (sulfide) groups is 1. The van der Waals surface area contributed by atoms with E-state index in [2.05, 4.69) is 42.6 Å². The number of carbonyl (C=O) groups excluding carboxylic acids is 1. The number of anilines is 1. The van der Waals surface area contributed by atoms with Crippen LogP contribution in [0.15, 0.2) is 12.1 Å². The van der Waals surface area contributed by atoms with Crippen LogP contribution in [0.25, 0.3) is 0 Å². The van der Waals surface area contributed by atoms with E-state index in [0.717, 1.165) is 30.2 Å². The quantitative estimate of drug-likeness (QED) is 0.771. The molecule has 0 aliphatic carbocycles. The molecule has 4 nitrogen and oxygen atoms in total. The number of hydrogen-bond acceptors (Lipinski definition) is 4. The smallest absolute Gasteiger partial charge is 0.251 e. The third-order valence-electron chi connectivity index (χ3n) is 3.25. The highest BCUT2D eigenvalue weighted by Crippen LogP contribution is 2.18. The molecule has 0 radical (unpaired) electrons. The van der Waals surface area contributed by atoms with Crippen molar-refractivity contribution in [2.24, 2.45) is 0 Å². The first-order chi connectivity index (χ1) is 10.0. The fraction of sp³-hybridized carbons (Fsp3) is 0.625. The maximum atomic E-state index is 12.4. The van der Waals surface area contributed by atoms with Gasteiger partial charge in [0.05, 0.1) is 0 Å². The van der Waals surface area contributed by atoms with Crippen LogP contribution in [0.1, 0.15) is 56.1 Å². The molecule has 0 spiro atoms. The Morgan fingerprint density at radius 1 is 1.33 bits per heavy atom. The summed E-state index contributed by atoms with van der Waals surface area (Å²) in [6, 6.07) is 3.94. The number of rotatable bonds is 8. The van der Waals surface area contributed by atoms with Crippen LogP contribution in [0.4, 0.5) is 5.82 Å². The van der Waals surface area contributed by atoms with Crippen molar-refractivity contribution < 1.29 is 4.79 Å². The van der Waals surface area contributed by atoms with Crippen LogP contribution in [0, 0.1) is 0 Å². The average Bonchev–Trinajstić information content (AvgIpc) is 2.46. The minimum absolute atomic E-state index is 0.0145. The van der Waals surface area contributed by atoms with Crippen molar-refractivity contribution in [1.29, 1.82) is 0 Å². The first kappa shape index (κ1) is 17.8. The average molecular weight is 309 g/mol. The molecule has 118 valence electrons. The Labute approximate surface area is 132 Å². The predicted molar refractivity (Wildman–Crippen MR) is 92.4 cm³/mol. The second-order valence-corrected chi connectivity index (χ2v) is 6.30. The number of hydrogen-bond donors (Lipinski definition) is 2. The van der Waals surface area contributed by atoms with E-state index in [1.807, 2.05) is 19.1 Å². The Bertz CT molecular complexity index is 463. The second kappa shape index (κ2) is 8.93. The van der Waals surface area contributed by atoms with E-state index in [1.165, 1.54) is 0 Å². The molecule has 0 fully saturated rings. The van der Waals surface area contributed by atoms with Crippen molar-refractivity contribution in [3.05, 3.63) is 23.4 Å². The van der Waals surface area contributed by atoms with Gasteiger partial charge in [0.25, 0.3) is 5.91 Å². The van der Waals surface area contributed by atoms with E-state index in [1.54, 1.807) is 11.8 Å². The van der Waals surface area contributed by atoms with Crippen LogP contribution in [0.2, 0.25) is 0 Å². The van der Waals surface area contributed by atoms with Crippen molar-refractivity contribution in [2.45, 2.75) is 46.1 Å². The van der Waals surface area contributed by atoms with E-state index in [-0.39, 0.29) is 11.9 Å². The fourth-order valence-electron chi connectivity index (χ4n) is 1.98. The van der Waals surface area contributed by atoms with Crippen molar-refractivity contribution in [1.82, 2.24) is 10.3 Å². The summed E-state index contributed by atoms with van der Waals surface area (Å²) in [6.45, 7) is 9.08. The largest absolute Gasteiger partial charge is 0.370 e. The van der Waals surface area contributed by atoms with E-state index in [0.29, 0.717) is 11.5 Å². The topological polar surface area (TPSA) is 54.0 Å². The lowest BCUT2D eigenvalue weighted by Crippen LogP contribution is -2.36. The van der Waals surface area contributed by atoms with Crippen LogP contribution < -0.4 is 10.6 Å². The molecule has 0 aromatic carbocycles. The number of nitrogens with zero attached hydrogens (tertiary/aromatic N) is 1. The molecule has 0 aliphatic heterocycles. The molecule has 5 heteroatoms. The minimum Gasteiger partial charge on any atom is -0.370 e. The maximum absolute atomic E-state index is 12.4. The Balaban J connectivity index is 2.96. The number of carbonyl (C=O) groups is 1. The van der Waals surface area contributed by atoms with Gasteiger partial charge in [0.15, 0.2) is 0 Å². The monoisotopic (exact) mass is 309 g/mol. The standard InChI is InChI=1S/C16H27N3OS/c1-6-13(10-21-5)18-16(20)12-8-14(11(3)4)19-15(9-12)17-7-2/h8-9,11,13H,6-7,10H2,1-5H3,(H,17,19)(H,18,20). The summed E-state index contributed by atoms with van der Waals surface area (Å²) in [5.74, 6) is 1.99. The maximum Gasteiger partial charge on any atom is 0.251 e. The molecule has 21 heavy (non-hydrogen) atoms. The number of pyridine rings is 1. The highest BCUT2D eigenvalue weighted by molar-refractivity contribution is 7.98. The molecular formula is C16H27N3OS. The summed E-state index contributed by atoms with van der Waals surface area (Å²) < 4.78 is 0.